The Morgan fingerprint density at radius 1 is 1.03 bits per heavy atom. The molecule has 5 rings (SSSR count). The monoisotopic (exact) mass is 489 g/mol. The Hall–Kier alpha value is -2.74. The van der Waals surface area contributed by atoms with Gasteiger partial charge in [0.15, 0.2) is 5.11 Å². The highest BCUT2D eigenvalue weighted by Crippen LogP contribution is 2.43. The lowest BCUT2D eigenvalue weighted by Crippen LogP contribution is -2.37. The fourth-order valence-electron chi connectivity index (χ4n) is 5.40. The van der Waals surface area contributed by atoms with Crippen molar-refractivity contribution in [2.45, 2.75) is 45.8 Å². The Bertz CT molecular complexity index is 1150. The predicted molar refractivity (Wildman–Crippen MR) is 145 cm³/mol. The topological polar surface area (TPSA) is 45.6 Å². The molecule has 2 saturated heterocycles. The fraction of sp³-hybridized carbons (Fsp3) is 0.429. The van der Waals surface area contributed by atoms with Gasteiger partial charge in [-0.2, -0.15) is 0 Å². The second-order valence-corrected chi connectivity index (χ2v) is 10.0. The van der Waals surface area contributed by atoms with E-state index in [0.717, 1.165) is 62.3 Å². The van der Waals surface area contributed by atoms with E-state index in [0.29, 0.717) is 0 Å². The second kappa shape index (κ2) is 10.5. The van der Waals surface area contributed by atoms with Crippen LogP contribution < -0.4 is 10.2 Å². The van der Waals surface area contributed by atoms with E-state index in [1.54, 1.807) is 0 Å². The number of hydrogen-bond donors (Lipinski definition) is 1. The number of hydrogen-bond acceptors (Lipinski definition) is 4. The maximum atomic E-state index is 5.90. The van der Waals surface area contributed by atoms with E-state index >= 15 is 0 Å². The van der Waals surface area contributed by atoms with E-state index in [1.165, 1.54) is 22.5 Å². The summed E-state index contributed by atoms with van der Waals surface area (Å²) in [6.07, 6.45) is 2.99. The van der Waals surface area contributed by atoms with Crippen LogP contribution in [0, 0.1) is 20.8 Å². The van der Waals surface area contributed by atoms with Gasteiger partial charge in [-0.05, 0) is 75.3 Å². The van der Waals surface area contributed by atoms with Gasteiger partial charge in [-0.25, -0.2) is 0 Å². The number of rotatable bonds is 7. The molecule has 0 saturated carbocycles. The second-order valence-electron chi connectivity index (χ2n) is 9.62. The lowest BCUT2D eigenvalue weighted by Gasteiger charge is -2.28. The molecule has 0 amide bonds. The minimum Gasteiger partial charge on any atom is -0.379 e. The summed E-state index contributed by atoms with van der Waals surface area (Å²) in [4.78, 5) is 9.48. The van der Waals surface area contributed by atoms with Crippen molar-refractivity contribution >= 4 is 23.0 Å². The minimum absolute atomic E-state index is 0.0210. The normalized spacial score (nSPS) is 20.9. The number of aromatic nitrogens is 2. The quantitative estimate of drug-likeness (QED) is 0.485. The minimum atomic E-state index is -0.0210. The summed E-state index contributed by atoms with van der Waals surface area (Å²) in [5, 5.41) is 4.33. The first-order chi connectivity index (χ1) is 17.0. The highest BCUT2D eigenvalue weighted by molar-refractivity contribution is 7.80. The third-order valence-corrected chi connectivity index (χ3v) is 7.62. The number of benzene rings is 1. The van der Waals surface area contributed by atoms with E-state index in [4.69, 9.17) is 21.9 Å². The summed E-state index contributed by atoms with van der Waals surface area (Å²) < 4.78 is 7.97. The predicted octanol–water partition coefficient (Wildman–Crippen LogP) is 4.71. The van der Waals surface area contributed by atoms with Crippen LogP contribution in [0.25, 0.3) is 0 Å². The zero-order chi connectivity index (χ0) is 24.4. The van der Waals surface area contributed by atoms with Crippen LogP contribution in [-0.2, 0) is 11.3 Å². The smallest absolute Gasteiger partial charge is 0.174 e. The summed E-state index contributed by atoms with van der Waals surface area (Å²) in [5.41, 5.74) is 7.25. The van der Waals surface area contributed by atoms with Crippen LogP contribution in [0.15, 0.2) is 54.7 Å². The van der Waals surface area contributed by atoms with Crippen molar-refractivity contribution in [3.63, 3.8) is 0 Å². The maximum absolute atomic E-state index is 5.90. The summed E-state index contributed by atoms with van der Waals surface area (Å²) in [6, 6.07) is 17.1. The molecule has 2 aromatic heterocycles. The molecule has 0 bridgehead atoms. The first kappa shape index (κ1) is 24.0. The van der Waals surface area contributed by atoms with Gasteiger partial charge < -0.3 is 19.5 Å². The van der Waals surface area contributed by atoms with Crippen LogP contribution >= 0.6 is 12.2 Å². The number of thiocarbonyl (C=S) groups is 1. The van der Waals surface area contributed by atoms with Gasteiger partial charge in [-0.15, -0.1) is 0 Å². The van der Waals surface area contributed by atoms with Crippen LogP contribution in [0.3, 0.4) is 0 Å². The first-order valence-corrected chi connectivity index (χ1v) is 13.0. The Kier molecular flexibility index (Phi) is 7.18. The Morgan fingerprint density at radius 2 is 1.80 bits per heavy atom. The number of morpholine rings is 1. The van der Waals surface area contributed by atoms with Gasteiger partial charge in [0.2, 0.25) is 0 Å². The van der Waals surface area contributed by atoms with Gasteiger partial charge in [0.25, 0.3) is 0 Å². The number of nitrogens with zero attached hydrogens (tertiary/aromatic N) is 4. The molecule has 2 aliphatic heterocycles. The zero-order valence-corrected chi connectivity index (χ0v) is 21.7. The number of pyridine rings is 1. The molecule has 2 atom stereocenters. The lowest BCUT2D eigenvalue weighted by molar-refractivity contribution is 0.0369. The first-order valence-electron chi connectivity index (χ1n) is 12.6. The van der Waals surface area contributed by atoms with Crippen LogP contribution in [-0.4, -0.2) is 52.4 Å². The Balaban J connectivity index is 1.46. The lowest BCUT2D eigenvalue weighted by atomic mass is 9.96. The molecule has 0 aliphatic carbocycles. The molecule has 3 aromatic rings. The van der Waals surface area contributed by atoms with Gasteiger partial charge in [-0.1, -0.05) is 23.8 Å². The summed E-state index contributed by atoms with van der Waals surface area (Å²) >= 11 is 5.90. The van der Waals surface area contributed by atoms with E-state index in [1.807, 2.05) is 18.3 Å². The molecule has 7 heteroatoms. The molecule has 35 heavy (non-hydrogen) atoms. The number of ether oxygens (including phenoxy) is 1. The summed E-state index contributed by atoms with van der Waals surface area (Å²) in [7, 11) is 0. The molecule has 4 heterocycles. The third kappa shape index (κ3) is 4.99. The molecule has 2 aliphatic rings. The highest BCUT2D eigenvalue weighted by Gasteiger charge is 2.42. The molecule has 1 N–H and O–H groups in total. The van der Waals surface area contributed by atoms with E-state index in [-0.39, 0.29) is 12.1 Å². The number of anilines is 1. The van der Waals surface area contributed by atoms with Crippen LogP contribution in [0.2, 0.25) is 0 Å². The van der Waals surface area contributed by atoms with Gasteiger partial charge in [-0.3, -0.25) is 9.88 Å². The average molecular weight is 490 g/mol. The molecule has 1 aromatic carbocycles. The Morgan fingerprint density at radius 3 is 2.51 bits per heavy atom. The standard InChI is InChI=1S/C28H35N5OS/c1-20-8-10-23(11-9-20)33-27(26(30-28(33)35)25-7-4-5-12-29-25)24-19-21(2)32(22(24)3)14-6-13-31-15-17-34-18-16-31/h4-5,7-12,19,26-27H,6,13-18H2,1-3H3,(H,30,35)/t26-,27-/m1/s1. The van der Waals surface area contributed by atoms with Gasteiger partial charge >= 0.3 is 0 Å². The fourth-order valence-corrected chi connectivity index (χ4v) is 5.75. The van der Waals surface area contributed by atoms with E-state index in [2.05, 4.69) is 76.9 Å². The van der Waals surface area contributed by atoms with Crippen molar-refractivity contribution in [3.05, 3.63) is 82.9 Å². The summed E-state index contributed by atoms with van der Waals surface area (Å²) in [6.45, 7) is 12.5. The summed E-state index contributed by atoms with van der Waals surface area (Å²) in [5.74, 6) is 0. The SMILES string of the molecule is Cc1ccc(N2C(=S)N[C@H](c3ccccn3)[C@H]2c2cc(C)n(CCCN3CCOCC3)c2C)cc1. The van der Waals surface area contributed by atoms with Crippen molar-refractivity contribution < 1.29 is 4.74 Å². The van der Waals surface area contributed by atoms with Gasteiger partial charge in [0.05, 0.1) is 31.0 Å². The highest BCUT2D eigenvalue weighted by atomic mass is 32.1. The number of aryl methyl sites for hydroxylation is 2. The van der Waals surface area contributed by atoms with Gasteiger partial charge in [0, 0.05) is 49.5 Å². The van der Waals surface area contributed by atoms with E-state index < -0.39 is 0 Å². The molecule has 0 spiro atoms. The Labute approximate surface area is 213 Å². The van der Waals surface area contributed by atoms with Gasteiger partial charge in [0.1, 0.15) is 0 Å². The maximum Gasteiger partial charge on any atom is 0.174 e. The third-order valence-electron chi connectivity index (χ3n) is 7.30. The van der Waals surface area contributed by atoms with Crippen LogP contribution in [0.5, 0.6) is 0 Å². The molecule has 6 nitrogen and oxygen atoms in total. The van der Waals surface area contributed by atoms with Crippen molar-refractivity contribution in [1.29, 1.82) is 0 Å². The average Bonchev–Trinajstić information content (AvgIpc) is 3.36. The zero-order valence-electron chi connectivity index (χ0n) is 20.9. The van der Waals surface area contributed by atoms with Crippen molar-refractivity contribution in [2.24, 2.45) is 0 Å². The molecule has 0 unspecified atom stereocenters. The van der Waals surface area contributed by atoms with Crippen LogP contribution in [0.4, 0.5) is 5.69 Å². The number of nitrogens with one attached hydrogen (secondary N) is 1. The molecule has 184 valence electrons. The van der Waals surface area contributed by atoms with Crippen molar-refractivity contribution in [2.75, 3.05) is 37.7 Å². The van der Waals surface area contributed by atoms with E-state index in [9.17, 15) is 0 Å². The van der Waals surface area contributed by atoms with Crippen molar-refractivity contribution in [1.82, 2.24) is 19.8 Å². The molecule has 0 radical (unpaired) electrons. The molecular formula is C28H35N5OS. The van der Waals surface area contributed by atoms with Crippen LogP contribution in [0.1, 0.15) is 46.7 Å². The molecular weight excluding hydrogens is 454 g/mol. The molecule has 2 fully saturated rings. The largest absolute Gasteiger partial charge is 0.379 e. The van der Waals surface area contributed by atoms with Crippen molar-refractivity contribution in [3.8, 4) is 0 Å².